The average Bonchev–Trinajstić information content (AvgIpc) is 0.728. The summed E-state index contributed by atoms with van der Waals surface area (Å²) < 4.78 is 4.15. The minimum atomic E-state index is -0.602. The summed E-state index contributed by atoms with van der Waals surface area (Å²) in [5.41, 5.74) is 24.8. The number of piperazine rings is 3. The number of pyridine rings is 9. The third-order valence-electron chi connectivity index (χ3n) is 23.2. The van der Waals surface area contributed by atoms with E-state index in [2.05, 4.69) is 52.9 Å². The van der Waals surface area contributed by atoms with Crippen molar-refractivity contribution < 1.29 is 14.4 Å². The van der Waals surface area contributed by atoms with Crippen molar-refractivity contribution in [2.24, 2.45) is 0 Å². The third-order valence-corrected chi connectivity index (χ3v) is 29.5. The lowest BCUT2D eigenvalue weighted by atomic mass is 10.0. The van der Waals surface area contributed by atoms with Crippen LogP contribution in [0, 0.1) is 54.8 Å². The highest BCUT2D eigenvalue weighted by molar-refractivity contribution is 6.57. The molecule has 9 aromatic heterocycles. The van der Waals surface area contributed by atoms with Gasteiger partial charge in [0.05, 0.1) is 161 Å². The van der Waals surface area contributed by atoms with Crippen LogP contribution in [0.1, 0.15) is 110 Å². The molecule has 0 bridgehead atoms. The molecule has 6 N–H and O–H groups in total. The number of aromatic nitrogens is 9. The van der Waals surface area contributed by atoms with Crippen molar-refractivity contribution in [3.05, 3.63) is 250 Å². The van der Waals surface area contributed by atoms with Gasteiger partial charge in [-0.05, 0) is 110 Å². The number of rotatable bonds is 15. The maximum atomic E-state index is 14.5. The van der Waals surface area contributed by atoms with Gasteiger partial charge in [-0.3, -0.25) is 57.4 Å². The number of carbonyl (C=O) groups is 3. The molecule has 696 valence electrons. The third kappa shape index (κ3) is 18.5. The van der Waals surface area contributed by atoms with Crippen LogP contribution in [0.15, 0.2) is 107 Å². The summed E-state index contributed by atoms with van der Waals surface area (Å²) in [7, 11) is 0. The van der Waals surface area contributed by atoms with Crippen LogP contribution in [0.2, 0.25) is 75.3 Å². The van der Waals surface area contributed by atoms with Crippen LogP contribution in [0.4, 0.5) is 34.1 Å². The van der Waals surface area contributed by atoms with Crippen molar-refractivity contribution in [2.45, 2.75) is 80.1 Å². The topological polar surface area (TPSA) is 363 Å². The summed E-state index contributed by atoms with van der Waals surface area (Å²) in [6.07, 6.45) is 8.77. The number of anilines is 6. The second-order valence-electron chi connectivity index (χ2n) is 32.2. The Morgan fingerprint density at radius 1 is 0.356 bits per heavy atom. The Bertz CT molecular complexity index is 6630. The van der Waals surface area contributed by atoms with Gasteiger partial charge in [0.15, 0.2) is 0 Å². The fraction of sp³-hybridized carbons (Fsp3) is 0.258. The highest BCUT2D eigenvalue weighted by Gasteiger charge is 2.38. The first-order chi connectivity index (χ1) is 64.0. The van der Waals surface area contributed by atoms with Crippen molar-refractivity contribution in [1.82, 2.24) is 58.3 Å². The summed E-state index contributed by atoms with van der Waals surface area (Å²) in [6, 6.07) is 16.5. The van der Waals surface area contributed by atoms with E-state index in [9.17, 15) is 44.6 Å². The summed E-state index contributed by atoms with van der Waals surface area (Å²) in [5, 5.41) is 32.5. The van der Waals surface area contributed by atoms with Crippen LogP contribution in [-0.4, -0.2) is 155 Å². The molecule has 3 amide bonds. The van der Waals surface area contributed by atoms with E-state index in [-0.39, 0.29) is 195 Å². The highest BCUT2D eigenvalue weighted by atomic mass is 35.5. The molecule has 42 heteroatoms. The monoisotopic (exact) mass is 2110 g/mol. The second-order valence-corrected chi connectivity index (χ2v) is 38.0. The molecular formula is C93H78Cl15N21O6. The highest BCUT2D eigenvalue weighted by Crippen LogP contribution is 2.54. The van der Waals surface area contributed by atoms with Gasteiger partial charge in [0.2, 0.25) is 17.7 Å². The molecular weight excluding hydrogens is 2040 g/mol. The summed E-state index contributed by atoms with van der Waals surface area (Å²) in [6.45, 7) is 32.2. The molecule has 3 aliphatic heterocycles. The van der Waals surface area contributed by atoms with Crippen LogP contribution in [0.3, 0.4) is 0 Å². The Kier molecular flexibility index (Phi) is 31.2. The first-order valence-corrected chi connectivity index (χ1v) is 47.0. The van der Waals surface area contributed by atoms with Crippen LogP contribution in [0.5, 0.6) is 0 Å². The van der Waals surface area contributed by atoms with E-state index in [4.69, 9.17) is 206 Å². The van der Waals surface area contributed by atoms with E-state index < -0.39 is 16.7 Å². The minimum absolute atomic E-state index is 0.00369. The molecule has 15 rings (SSSR count). The molecule has 0 spiro atoms. The molecule has 0 aliphatic carbocycles. The lowest BCUT2D eigenvalue weighted by molar-refractivity contribution is -0.127. The fourth-order valence-corrected chi connectivity index (χ4v) is 20.2. The number of nitrogens with two attached hydrogens (primary N) is 3. The molecule has 3 saturated heterocycles. The Hall–Kier alpha value is -10.6. The van der Waals surface area contributed by atoms with Crippen LogP contribution >= 0.6 is 174 Å². The zero-order valence-corrected chi connectivity index (χ0v) is 84.5. The number of nitrogen functional groups attached to an aromatic ring is 3. The molecule has 135 heavy (non-hydrogen) atoms. The Balaban J connectivity index is 0.000000171. The van der Waals surface area contributed by atoms with Crippen LogP contribution in [-0.2, 0) is 14.4 Å². The maximum Gasteiger partial charge on any atom is 0.276 e. The lowest BCUT2D eigenvalue weighted by Gasteiger charge is -2.36. The zero-order chi connectivity index (χ0) is 98.7. The average molecular weight is 2120 g/mol. The predicted molar refractivity (Wildman–Crippen MR) is 548 cm³/mol. The second kappa shape index (κ2) is 41.4. The number of halogens is 15. The number of nitrogens with zero attached hydrogens (tertiary/aromatic N) is 18. The normalized spacial score (nSPS) is 13.4. The van der Waals surface area contributed by atoms with Crippen molar-refractivity contribution in [3.63, 3.8) is 0 Å². The van der Waals surface area contributed by atoms with Crippen molar-refractivity contribution in [2.75, 3.05) is 110 Å². The summed E-state index contributed by atoms with van der Waals surface area (Å²) >= 11 is 97.8. The smallest absolute Gasteiger partial charge is 0.276 e. The molecule has 27 nitrogen and oxygen atoms in total. The number of carbonyl (C=O) groups excluding carboxylic acids is 3. The molecule has 12 heterocycles. The first kappa shape index (κ1) is 102. The van der Waals surface area contributed by atoms with Crippen LogP contribution < -0.4 is 48.6 Å². The van der Waals surface area contributed by atoms with Gasteiger partial charge >= 0.3 is 0 Å². The molecule has 3 aromatic carbocycles. The van der Waals surface area contributed by atoms with Gasteiger partial charge in [-0.15, -0.1) is 0 Å². The van der Waals surface area contributed by atoms with Crippen molar-refractivity contribution in [3.8, 4) is 69.0 Å². The number of benzene rings is 3. The van der Waals surface area contributed by atoms with E-state index in [1.165, 1.54) is 31.9 Å². The quantitative estimate of drug-likeness (QED) is 0.0371. The molecule has 0 unspecified atom stereocenters. The minimum Gasteiger partial charge on any atom is -0.397 e. The van der Waals surface area contributed by atoms with E-state index in [1.54, 1.807) is 69.7 Å². The fourth-order valence-electron chi connectivity index (χ4n) is 16.6. The molecule has 3 aliphatic rings. The number of amides is 3. The Morgan fingerprint density at radius 2 is 0.570 bits per heavy atom. The SMILES string of the molecule is C=CC(=O)N1CCN(c2c(C#N)c(=O)n(-c3c(C)ccnc3C(C)C)c3nc(-c4c(N)c(Cl)c(Cl)c(Cl)c4Cl)c(Cl)cc23)CC1.C=CC(=O)N1CCN(c2c(C#N)c(=O)n(-c3c(C)ccnc3C(C)C)c3nc(-c4c(N)c(Cl)c(Cl)c(Cl)c4Cl)c(Cl)cc23)CC1.C=CC(=O)N1CCN(c2c(C#N)c(=O)n(-c3c(C)ccnc3C(C)C)c3nc(-c4c(N)c(Cl)c(Cl)c(Cl)c4Cl)c(Cl)cc23)CC1. The molecule has 0 saturated carbocycles. The molecule has 0 radical (unpaired) electrons. The first-order valence-electron chi connectivity index (χ1n) is 41.3. The predicted octanol–water partition coefficient (Wildman–Crippen LogP) is 22.3. The van der Waals surface area contributed by atoms with E-state index in [1.807, 2.05) is 77.0 Å². The van der Waals surface area contributed by atoms with E-state index in [0.717, 1.165) is 16.7 Å². The number of hydrogen-bond acceptors (Lipinski definition) is 21. The van der Waals surface area contributed by atoms with Gasteiger partial charge in [-0.25, -0.2) is 15.0 Å². The number of fused-ring (bicyclic) bond motifs is 3. The Morgan fingerprint density at radius 3 is 0.770 bits per heavy atom. The van der Waals surface area contributed by atoms with Gasteiger partial charge in [-0.1, -0.05) is 235 Å². The largest absolute Gasteiger partial charge is 0.397 e. The summed E-state index contributed by atoms with van der Waals surface area (Å²) in [5.74, 6) is -0.872. The van der Waals surface area contributed by atoms with Crippen LogP contribution in [0.25, 0.3) is 83.9 Å². The number of nitriles is 3. The van der Waals surface area contributed by atoms with Crippen molar-refractivity contribution >= 4 is 259 Å². The molecule has 3 fully saturated rings. The maximum absolute atomic E-state index is 14.5. The number of aryl methyl sites for hydroxylation is 3. The molecule has 0 atom stereocenters. The number of hydrogen-bond donors (Lipinski definition) is 3. The van der Waals surface area contributed by atoms with E-state index >= 15 is 0 Å². The van der Waals surface area contributed by atoms with E-state index in [0.29, 0.717) is 146 Å². The van der Waals surface area contributed by atoms with Gasteiger partial charge < -0.3 is 46.6 Å². The Labute approximate surface area is 849 Å². The zero-order valence-electron chi connectivity index (χ0n) is 73.2. The van der Waals surface area contributed by atoms with Gasteiger partial charge in [0.25, 0.3) is 16.7 Å². The van der Waals surface area contributed by atoms with Gasteiger partial charge in [-0.2, -0.15) is 15.8 Å². The molecule has 12 aromatic rings. The standard InChI is InChI=1S/3C31H26Cl5N7O2/c3*1-5-19(44)41-8-10-42(11-9-41)29-16-12-18(32)27(20-21(33)22(34)23(35)24(36)25(20)38)40-30(16)43(31(45)17(29)13-37)28-15(4)6-7-39-26(28)14(2)3/h3*5-7,12,14H,1,8-11,38H2,2-4H3. The summed E-state index contributed by atoms with van der Waals surface area (Å²) in [4.78, 5) is 119. The lowest BCUT2D eigenvalue weighted by Crippen LogP contribution is -2.49. The van der Waals surface area contributed by atoms with Gasteiger partial charge in [0.1, 0.15) is 51.8 Å². The van der Waals surface area contributed by atoms with Crippen molar-refractivity contribution in [1.29, 1.82) is 15.8 Å². The van der Waals surface area contributed by atoms with Gasteiger partial charge in [0, 0.05) is 130 Å².